The fraction of sp³-hybridized carbons (Fsp3) is 0.571. The Morgan fingerprint density at radius 3 is 2.59 bits per heavy atom. The first-order valence-corrected chi connectivity index (χ1v) is 6.39. The fourth-order valence-corrected chi connectivity index (χ4v) is 3.81. The van der Waals surface area contributed by atoms with Gasteiger partial charge in [0.25, 0.3) is 0 Å². The molecule has 2 bridgehead atoms. The lowest BCUT2D eigenvalue weighted by Crippen LogP contribution is -2.51. The third kappa shape index (κ3) is 1.49. The number of anilines is 1. The largest absolute Gasteiger partial charge is 0.399 e. The highest BCUT2D eigenvalue weighted by molar-refractivity contribution is 5.44. The Labute approximate surface area is 102 Å². The molecule has 0 radical (unpaired) electrons. The number of benzene rings is 1. The van der Waals surface area contributed by atoms with E-state index in [0.717, 1.165) is 18.8 Å². The number of nitrogens with one attached hydrogen (secondary N) is 1. The Morgan fingerprint density at radius 2 is 2.00 bits per heavy atom. The Balaban J connectivity index is 2.08. The molecule has 2 fully saturated rings. The molecular weight excluding hydrogens is 212 g/mol. The van der Waals surface area contributed by atoms with Gasteiger partial charge in [0.15, 0.2) is 0 Å². The van der Waals surface area contributed by atoms with Crippen molar-refractivity contribution >= 4 is 5.69 Å². The zero-order valence-corrected chi connectivity index (χ0v) is 10.3. The number of rotatable bonds is 2. The summed E-state index contributed by atoms with van der Waals surface area (Å²) in [6, 6.07) is 8.22. The molecule has 3 rings (SSSR count). The highest BCUT2D eigenvalue weighted by Gasteiger charge is 2.53. The summed E-state index contributed by atoms with van der Waals surface area (Å²) in [4.78, 5) is 0. The van der Waals surface area contributed by atoms with Crippen LogP contribution in [0.3, 0.4) is 0 Å². The summed E-state index contributed by atoms with van der Waals surface area (Å²) in [5.41, 5.74) is 7.90. The first-order valence-electron chi connectivity index (χ1n) is 6.39. The molecule has 3 N–H and O–H groups in total. The number of ether oxygens (including phenoxy) is 1. The third-order valence-electron chi connectivity index (χ3n) is 4.53. The molecule has 2 atom stereocenters. The molecule has 0 aromatic heterocycles. The van der Waals surface area contributed by atoms with E-state index in [-0.39, 0.29) is 5.60 Å². The molecule has 1 heterocycles. The van der Waals surface area contributed by atoms with Crippen molar-refractivity contribution < 1.29 is 4.74 Å². The maximum absolute atomic E-state index is 6.01. The number of nitrogen functional groups attached to an aromatic ring is 1. The lowest BCUT2D eigenvalue weighted by molar-refractivity contribution is -0.0931. The van der Waals surface area contributed by atoms with Crippen LogP contribution in [0.15, 0.2) is 24.3 Å². The molecule has 1 aliphatic carbocycles. The van der Waals surface area contributed by atoms with Crippen molar-refractivity contribution in [2.75, 3.05) is 25.9 Å². The zero-order chi connectivity index (χ0) is 11.9. The van der Waals surface area contributed by atoms with Crippen LogP contribution < -0.4 is 11.1 Å². The summed E-state index contributed by atoms with van der Waals surface area (Å²) < 4.78 is 6.01. The molecule has 1 saturated heterocycles. The molecule has 0 spiro atoms. The normalized spacial score (nSPS) is 36.1. The number of nitrogens with two attached hydrogens (primary N) is 1. The molecule has 17 heavy (non-hydrogen) atoms. The van der Waals surface area contributed by atoms with Crippen LogP contribution in [0.4, 0.5) is 5.69 Å². The van der Waals surface area contributed by atoms with Gasteiger partial charge in [0.1, 0.15) is 5.60 Å². The predicted molar refractivity (Wildman–Crippen MR) is 68.6 cm³/mol. The molecule has 1 aromatic carbocycles. The van der Waals surface area contributed by atoms with Gasteiger partial charge in [-0.1, -0.05) is 12.1 Å². The topological polar surface area (TPSA) is 47.3 Å². The highest BCUT2D eigenvalue weighted by atomic mass is 16.5. The molecular formula is C14H20N2O. The zero-order valence-electron chi connectivity index (χ0n) is 10.3. The minimum Gasteiger partial charge on any atom is -0.399 e. The van der Waals surface area contributed by atoms with Crippen molar-refractivity contribution in [3.8, 4) is 0 Å². The Bertz CT molecular complexity index is 402. The average molecular weight is 232 g/mol. The molecule has 1 aliphatic heterocycles. The van der Waals surface area contributed by atoms with Crippen LogP contribution in [0.1, 0.15) is 18.4 Å². The van der Waals surface area contributed by atoms with Crippen LogP contribution >= 0.6 is 0 Å². The van der Waals surface area contributed by atoms with E-state index in [0.29, 0.717) is 11.8 Å². The number of hydrogen-bond acceptors (Lipinski definition) is 3. The van der Waals surface area contributed by atoms with Crippen LogP contribution in [-0.2, 0) is 10.3 Å². The smallest absolute Gasteiger partial charge is 0.101 e. The molecule has 2 unspecified atom stereocenters. The van der Waals surface area contributed by atoms with Crippen molar-refractivity contribution in [2.24, 2.45) is 11.8 Å². The number of fused-ring (bicyclic) bond motifs is 2. The Kier molecular flexibility index (Phi) is 2.60. The Hall–Kier alpha value is -1.06. The van der Waals surface area contributed by atoms with Crippen molar-refractivity contribution in [2.45, 2.75) is 18.4 Å². The summed E-state index contributed by atoms with van der Waals surface area (Å²) in [5.74, 6) is 1.15. The second kappa shape index (κ2) is 4.00. The quantitative estimate of drug-likeness (QED) is 0.764. The molecule has 0 amide bonds. The van der Waals surface area contributed by atoms with Crippen molar-refractivity contribution in [3.05, 3.63) is 29.8 Å². The van der Waals surface area contributed by atoms with E-state index in [1.54, 1.807) is 0 Å². The monoisotopic (exact) mass is 232 g/mol. The minimum atomic E-state index is -0.110. The molecule has 1 saturated carbocycles. The van der Waals surface area contributed by atoms with Gasteiger partial charge in [-0.2, -0.15) is 0 Å². The van der Waals surface area contributed by atoms with Crippen LogP contribution in [0.5, 0.6) is 0 Å². The molecule has 3 nitrogen and oxygen atoms in total. The summed E-state index contributed by atoms with van der Waals surface area (Å²) in [6.45, 7) is 2.11. The first kappa shape index (κ1) is 11.1. The van der Waals surface area contributed by atoms with E-state index in [2.05, 4.69) is 17.4 Å². The van der Waals surface area contributed by atoms with E-state index in [4.69, 9.17) is 10.5 Å². The van der Waals surface area contributed by atoms with Gasteiger partial charge >= 0.3 is 0 Å². The molecule has 92 valence electrons. The van der Waals surface area contributed by atoms with E-state index in [1.807, 2.05) is 19.2 Å². The van der Waals surface area contributed by atoms with Gasteiger partial charge in [-0.15, -0.1) is 0 Å². The standard InChI is InChI=1S/C14H20N2O/c1-17-14(10-3-2-4-13(15)7-10)11-5-6-12(14)9-16-8-11/h2-4,7,11-12,16H,5-6,8-9,15H2,1H3. The number of methoxy groups -OCH3 is 1. The second-order valence-corrected chi connectivity index (χ2v) is 5.25. The summed E-state index contributed by atoms with van der Waals surface area (Å²) in [5, 5.41) is 3.51. The lowest BCUT2D eigenvalue weighted by Gasteiger charge is -2.43. The van der Waals surface area contributed by atoms with Crippen LogP contribution in [0.25, 0.3) is 0 Å². The SMILES string of the molecule is COC1(c2cccc(N)c2)C2CCC1CNC2. The van der Waals surface area contributed by atoms with Crippen LogP contribution in [-0.4, -0.2) is 20.2 Å². The van der Waals surface area contributed by atoms with Crippen LogP contribution in [0.2, 0.25) is 0 Å². The van der Waals surface area contributed by atoms with Gasteiger partial charge in [0.2, 0.25) is 0 Å². The lowest BCUT2D eigenvalue weighted by atomic mass is 9.75. The summed E-state index contributed by atoms with van der Waals surface area (Å²) in [7, 11) is 1.85. The maximum atomic E-state index is 6.01. The number of hydrogen-bond donors (Lipinski definition) is 2. The van der Waals surface area contributed by atoms with E-state index < -0.39 is 0 Å². The predicted octanol–water partition coefficient (Wildman–Crippen LogP) is 1.74. The number of piperidine rings is 1. The van der Waals surface area contributed by atoms with Gasteiger partial charge in [-0.3, -0.25) is 0 Å². The Morgan fingerprint density at radius 1 is 1.29 bits per heavy atom. The van der Waals surface area contributed by atoms with Gasteiger partial charge in [-0.25, -0.2) is 0 Å². The van der Waals surface area contributed by atoms with Crippen LogP contribution in [0, 0.1) is 11.8 Å². The minimum absolute atomic E-state index is 0.110. The molecule has 1 aromatic rings. The van der Waals surface area contributed by atoms with Crippen molar-refractivity contribution in [1.29, 1.82) is 0 Å². The van der Waals surface area contributed by atoms with Gasteiger partial charge in [-0.05, 0) is 30.5 Å². The first-order chi connectivity index (χ1) is 8.27. The highest BCUT2D eigenvalue weighted by Crippen LogP contribution is 2.51. The van der Waals surface area contributed by atoms with Gasteiger partial charge in [0, 0.05) is 37.7 Å². The van der Waals surface area contributed by atoms with Gasteiger partial charge in [0.05, 0.1) is 0 Å². The summed E-state index contributed by atoms with van der Waals surface area (Å²) >= 11 is 0. The van der Waals surface area contributed by atoms with E-state index in [1.165, 1.54) is 18.4 Å². The van der Waals surface area contributed by atoms with Crippen molar-refractivity contribution in [1.82, 2.24) is 5.32 Å². The average Bonchev–Trinajstić information content (AvgIpc) is 2.53. The summed E-state index contributed by atoms with van der Waals surface area (Å²) in [6.07, 6.45) is 2.50. The van der Waals surface area contributed by atoms with E-state index in [9.17, 15) is 0 Å². The fourth-order valence-electron chi connectivity index (χ4n) is 3.81. The van der Waals surface area contributed by atoms with Crippen molar-refractivity contribution in [3.63, 3.8) is 0 Å². The van der Waals surface area contributed by atoms with Gasteiger partial charge < -0.3 is 15.8 Å². The molecule has 2 aliphatic rings. The molecule has 3 heteroatoms. The van der Waals surface area contributed by atoms with E-state index >= 15 is 0 Å². The third-order valence-corrected chi connectivity index (χ3v) is 4.53. The maximum Gasteiger partial charge on any atom is 0.101 e. The second-order valence-electron chi connectivity index (χ2n) is 5.25.